The van der Waals surface area contributed by atoms with E-state index in [1.54, 1.807) is 7.11 Å². The molecule has 114 valence electrons. The third-order valence-electron chi connectivity index (χ3n) is 4.69. The molecule has 1 aliphatic rings. The van der Waals surface area contributed by atoms with Crippen LogP contribution in [0.25, 0.3) is 11.0 Å². The van der Waals surface area contributed by atoms with Gasteiger partial charge in [0.05, 0.1) is 12.6 Å². The lowest BCUT2D eigenvalue weighted by Gasteiger charge is -2.31. The maximum atomic E-state index is 6.00. The van der Waals surface area contributed by atoms with Crippen LogP contribution in [0.4, 0.5) is 0 Å². The third-order valence-corrected chi connectivity index (χ3v) is 4.88. The van der Waals surface area contributed by atoms with Crippen LogP contribution in [0.15, 0.2) is 18.2 Å². The second-order valence-corrected chi connectivity index (χ2v) is 6.37. The number of aromatic nitrogens is 2. The van der Waals surface area contributed by atoms with E-state index in [9.17, 15) is 0 Å². The van der Waals surface area contributed by atoms with E-state index in [-0.39, 0.29) is 0 Å². The highest BCUT2D eigenvalue weighted by Crippen LogP contribution is 2.38. The molecule has 1 aromatic heterocycles. The van der Waals surface area contributed by atoms with Crippen LogP contribution in [0, 0.1) is 5.92 Å². The number of ether oxygens (including phenoxy) is 1. The summed E-state index contributed by atoms with van der Waals surface area (Å²) in [6.07, 6.45) is 5.99. The number of rotatable bonds is 4. The summed E-state index contributed by atoms with van der Waals surface area (Å²) in [7, 11) is 1.71. The molecule has 1 fully saturated rings. The highest BCUT2D eigenvalue weighted by atomic mass is 35.5. The zero-order valence-electron chi connectivity index (χ0n) is 12.8. The molecule has 0 radical (unpaired) electrons. The van der Waals surface area contributed by atoms with Crippen molar-refractivity contribution >= 4 is 22.6 Å². The summed E-state index contributed by atoms with van der Waals surface area (Å²) in [6, 6.07) is 6.73. The second kappa shape index (κ2) is 6.27. The maximum Gasteiger partial charge on any atom is 0.146 e. The van der Waals surface area contributed by atoms with Gasteiger partial charge in [-0.2, -0.15) is 0 Å². The molecule has 2 unspecified atom stereocenters. The number of para-hydroxylation sites is 1. The number of halogens is 1. The summed E-state index contributed by atoms with van der Waals surface area (Å²) in [6.45, 7) is 2.36. The van der Waals surface area contributed by atoms with Crippen LogP contribution in [0.5, 0.6) is 5.75 Å². The predicted molar refractivity (Wildman–Crippen MR) is 87.4 cm³/mol. The van der Waals surface area contributed by atoms with Crippen molar-refractivity contribution in [3.63, 3.8) is 0 Å². The highest BCUT2D eigenvalue weighted by molar-refractivity contribution is 6.17. The summed E-state index contributed by atoms with van der Waals surface area (Å²) in [5.41, 5.74) is 2.16. The Morgan fingerprint density at radius 3 is 2.86 bits per heavy atom. The van der Waals surface area contributed by atoms with E-state index in [1.807, 2.05) is 6.07 Å². The van der Waals surface area contributed by atoms with E-state index in [1.165, 1.54) is 31.2 Å². The normalized spacial score (nSPS) is 22.6. The molecular formula is C17H23ClN2O. The average molecular weight is 307 g/mol. The van der Waals surface area contributed by atoms with Crippen LogP contribution in [-0.2, 0) is 6.42 Å². The Kier molecular flexibility index (Phi) is 4.39. The molecule has 0 spiro atoms. The minimum Gasteiger partial charge on any atom is -0.494 e. The van der Waals surface area contributed by atoms with Crippen molar-refractivity contribution < 1.29 is 4.74 Å². The first-order chi connectivity index (χ1) is 10.3. The number of nitrogens with zero attached hydrogens (tertiary/aromatic N) is 2. The molecule has 0 N–H and O–H groups in total. The molecule has 21 heavy (non-hydrogen) atoms. The van der Waals surface area contributed by atoms with Crippen LogP contribution in [0.1, 0.15) is 44.5 Å². The number of alkyl halides is 1. The van der Waals surface area contributed by atoms with Crippen molar-refractivity contribution in [2.24, 2.45) is 5.92 Å². The van der Waals surface area contributed by atoms with Crippen LogP contribution in [0.2, 0.25) is 0 Å². The molecular weight excluding hydrogens is 284 g/mol. The number of benzene rings is 1. The Hall–Kier alpha value is -1.22. The van der Waals surface area contributed by atoms with E-state index in [0.29, 0.717) is 17.8 Å². The van der Waals surface area contributed by atoms with Crippen LogP contribution in [0.3, 0.4) is 0 Å². The summed E-state index contributed by atoms with van der Waals surface area (Å²) >= 11 is 6.00. The molecule has 1 heterocycles. The van der Waals surface area contributed by atoms with Gasteiger partial charge in [-0.25, -0.2) is 4.98 Å². The molecule has 0 aliphatic heterocycles. The fraction of sp³-hybridized carbons (Fsp3) is 0.588. The van der Waals surface area contributed by atoms with Crippen molar-refractivity contribution in [2.75, 3.05) is 13.0 Å². The first-order valence-corrected chi connectivity index (χ1v) is 8.39. The molecule has 4 heteroatoms. The van der Waals surface area contributed by atoms with Gasteiger partial charge in [0, 0.05) is 18.3 Å². The van der Waals surface area contributed by atoms with E-state index in [0.717, 1.165) is 23.5 Å². The summed E-state index contributed by atoms with van der Waals surface area (Å²) < 4.78 is 7.91. The number of methoxy groups -OCH3 is 1. The minimum absolute atomic E-state index is 0.536. The van der Waals surface area contributed by atoms with Gasteiger partial charge in [-0.15, -0.1) is 11.6 Å². The Morgan fingerprint density at radius 1 is 1.33 bits per heavy atom. The van der Waals surface area contributed by atoms with Crippen molar-refractivity contribution in [3.8, 4) is 5.75 Å². The van der Waals surface area contributed by atoms with Crippen molar-refractivity contribution in [2.45, 2.75) is 45.1 Å². The molecule has 0 amide bonds. The fourth-order valence-corrected chi connectivity index (χ4v) is 3.78. The van der Waals surface area contributed by atoms with Crippen molar-refractivity contribution in [3.05, 3.63) is 24.0 Å². The summed E-state index contributed by atoms with van der Waals surface area (Å²) in [5, 5.41) is 0. The van der Waals surface area contributed by atoms with Gasteiger partial charge in [-0.3, -0.25) is 0 Å². The Labute approximate surface area is 131 Å². The van der Waals surface area contributed by atoms with Crippen molar-refractivity contribution in [1.82, 2.24) is 9.55 Å². The Bertz CT molecular complexity index is 623. The van der Waals surface area contributed by atoms with E-state index < -0.39 is 0 Å². The van der Waals surface area contributed by atoms with Gasteiger partial charge in [0.2, 0.25) is 0 Å². The Morgan fingerprint density at radius 2 is 2.14 bits per heavy atom. The zero-order chi connectivity index (χ0) is 14.8. The lowest BCUT2D eigenvalue weighted by Crippen LogP contribution is -2.23. The second-order valence-electron chi connectivity index (χ2n) is 5.99. The molecule has 2 aromatic rings. The standard InChI is InChI=1S/C17H23ClN2O/c1-12-6-3-4-7-13(12)20-14-8-5-9-15(21-2)17(14)19-16(20)10-11-18/h5,8-9,12-13H,3-4,6-7,10-11H2,1-2H3. The number of aryl methyl sites for hydroxylation is 1. The van der Waals surface area contributed by atoms with Gasteiger partial charge in [-0.1, -0.05) is 25.8 Å². The molecule has 2 atom stereocenters. The maximum absolute atomic E-state index is 6.00. The average Bonchev–Trinajstić information content (AvgIpc) is 2.86. The molecule has 1 aliphatic carbocycles. The molecule has 3 nitrogen and oxygen atoms in total. The van der Waals surface area contributed by atoms with Gasteiger partial charge in [0.15, 0.2) is 0 Å². The van der Waals surface area contributed by atoms with Crippen LogP contribution >= 0.6 is 11.6 Å². The lowest BCUT2D eigenvalue weighted by atomic mass is 9.85. The SMILES string of the molecule is COc1cccc2c1nc(CCCl)n2C1CCCCC1C. The molecule has 0 bridgehead atoms. The van der Waals surface area contributed by atoms with E-state index in [4.69, 9.17) is 21.3 Å². The van der Waals surface area contributed by atoms with Crippen molar-refractivity contribution in [1.29, 1.82) is 0 Å². The largest absolute Gasteiger partial charge is 0.494 e. The number of hydrogen-bond acceptors (Lipinski definition) is 2. The molecule has 0 saturated heterocycles. The lowest BCUT2D eigenvalue weighted by molar-refractivity contribution is 0.257. The van der Waals surface area contributed by atoms with Gasteiger partial charge >= 0.3 is 0 Å². The summed E-state index contributed by atoms with van der Waals surface area (Å²) in [4.78, 5) is 4.84. The number of imidazole rings is 1. The summed E-state index contributed by atoms with van der Waals surface area (Å²) in [5.74, 6) is 3.25. The quantitative estimate of drug-likeness (QED) is 0.773. The van der Waals surface area contributed by atoms with Gasteiger partial charge in [0.1, 0.15) is 17.1 Å². The smallest absolute Gasteiger partial charge is 0.146 e. The predicted octanol–water partition coefficient (Wildman–Crippen LogP) is 4.58. The van der Waals surface area contributed by atoms with Crippen LogP contribution in [-0.4, -0.2) is 22.5 Å². The topological polar surface area (TPSA) is 27.1 Å². The molecule has 1 aromatic carbocycles. The first-order valence-electron chi connectivity index (χ1n) is 7.86. The fourth-order valence-electron chi connectivity index (χ4n) is 3.62. The Balaban J connectivity index is 2.16. The number of fused-ring (bicyclic) bond motifs is 1. The van der Waals surface area contributed by atoms with Crippen LogP contribution < -0.4 is 4.74 Å². The number of hydrogen-bond donors (Lipinski definition) is 0. The molecule has 1 saturated carbocycles. The first kappa shape index (κ1) is 14.7. The third kappa shape index (κ3) is 2.64. The minimum atomic E-state index is 0.536. The van der Waals surface area contributed by atoms with Gasteiger partial charge in [0.25, 0.3) is 0 Å². The highest BCUT2D eigenvalue weighted by Gasteiger charge is 2.27. The van der Waals surface area contributed by atoms with Gasteiger partial charge in [-0.05, 0) is 30.9 Å². The van der Waals surface area contributed by atoms with E-state index in [2.05, 4.69) is 23.6 Å². The zero-order valence-corrected chi connectivity index (χ0v) is 13.6. The van der Waals surface area contributed by atoms with E-state index >= 15 is 0 Å². The monoisotopic (exact) mass is 306 g/mol. The molecule has 3 rings (SSSR count). The van der Waals surface area contributed by atoms with Gasteiger partial charge < -0.3 is 9.30 Å².